The lowest BCUT2D eigenvalue weighted by atomic mass is 9.97. The molecule has 8 heteroatoms. The van der Waals surface area contributed by atoms with Crippen molar-refractivity contribution >= 4 is 23.7 Å². The molecule has 0 saturated carbocycles. The first-order valence-electron chi connectivity index (χ1n) is 8.29. The Balaban J connectivity index is 1.73. The normalized spacial score (nSPS) is 21.1. The molecule has 2 aromatic rings. The van der Waals surface area contributed by atoms with Gasteiger partial charge in [0.15, 0.2) is 0 Å². The topological polar surface area (TPSA) is 83.4 Å². The number of fused-ring (bicyclic) bond motifs is 1. The van der Waals surface area contributed by atoms with Crippen LogP contribution in [0.4, 0.5) is 4.39 Å². The van der Waals surface area contributed by atoms with Crippen molar-refractivity contribution in [1.82, 2.24) is 10.3 Å². The zero-order valence-corrected chi connectivity index (χ0v) is 14.3. The van der Waals surface area contributed by atoms with E-state index in [0.29, 0.717) is 11.1 Å². The molecule has 2 aromatic carbocycles. The molecule has 4 rings (SSSR count). The van der Waals surface area contributed by atoms with Gasteiger partial charge in [-0.25, -0.2) is 9.38 Å². The van der Waals surface area contributed by atoms with Crippen LogP contribution in [0.3, 0.4) is 0 Å². The Morgan fingerprint density at radius 3 is 2.52 bits per heavy atom. The summed E-state index contributed by atoms with van der Waals surface area (Å²) in [6, 6.07) is 13.0. The monoisotopic (exact) mass is 366 g/mol. The lowest BCUT2D eigenvalue weighted by molar-refractivity contribution is -0.134. The summed E-state index contributed by atoms with van der Waals surface area (Å²) in [6.07, 6.45) is 0. The number of hydrogen-bond donors (Lipinski definition) is 1. The summed E-state index contributed by atoms with van der Waals surface area (Å²) in [5, 5.41) is 7.85. The summed E-state index contributed by atoms with van der Waals surface area (Å²) in [4.78, 5) is 29.0. The van der Waals surface area contributed by atoms with Crippen molar-refractivity contribution in [2.24, 2.45) is 10.1 Å². The zero-order chi connectivity index (χ0) is 19.0. The van der Waals surface area contributed by atoms with Crippen LogP contribution in [-0.2, 0) is 14.3 Å². The number of rotatable bonds is 3. The highest BCUT2D eigenvalue weighted by Gasteiger charge is 2.44. The van der Waals surface area contributed by atoms with Crippen LogP contribution in [-0.4, -0.2) is 34.8 Å². The fourth-order valence-electron chi connectivity index (χ4n) is 2.95. The first-order valence-corrected chi connectivity index (χ1v) is 8.29. The molecule has 0 saturated heterocycles. The van der Waals surface area contributed by atoms with E-state index in [1.54, 1.807) is 12.1 Å². The number of carbonyl (C=O) groups excluding carboxylic acids is 2. The van der Waals surface area contributed by atoms with Gasteiger partial charge in [-0.3, -0.25) is 9.59 Å². The zero-order valence-electron chi connectivity index (χ0n) is 14.3. The maximum atomic E-state index is 13.3. The number of carbonyl (C=O) groups is 2. The third-order valence-electron chi connectivity index (χ3n) is 4.19. The van der Waals surface area contributed by atoms with Crippen LogP contribution >= 0.6 is 0 Å². The summed E-state index contributed by atoms with van der Waals surface area (Å²) in [6.45, 7) is 1.31. The van der Waals surface area contributed by atoms with Crippen LogP contribution in [0, 0.1) is 5.82 Å². The molecule has 0 aromatic heterocycles. The predicted molar refractivity (Wildman–Crippen MR) is 95.1 cm³/mol. The number of amides is 2. The molecule has 0 fully saturated rings. The van der Waals surface area contributed by atoms with Crippen molar-refractivity contribution < 1.29 is 18.7 Å². The molecule has 1 N–H and O–H groups in total. The largest absolute Gasteiger partial charge is 0.403 e. The van der Waals surface area contributed by atoms with E-state index < -0.39 is 23.8 Å². The van der Waals surface area contributed by atoms with Crippen LogP contribution in [0.2, 0.25) is 0 Å². The van der Waals surface area contributed by atoms with E-state index in [4.69, 9.17) is 4.74 Å². The van der Waals surface area contributed by atoms with Gasteiger partial charge in [-0.1, -0.05) is 30.3 Å². The van der Waals surface area contributed by atoms with E-state index in [9.17, 15) is 14.0 Å². The molecule has 0 spiro atoms. The highest BCUT2D eigenvalue weighted by atomic mass is 19.1. The minimum Gasteiger partial charge on any atom is -0.403 e. The number of ether oxygens (including phenoxy) is 1. The first-order chi connectivity index (χ1) is 13.0. The molecule has 2 aliphatic rings. The van der Waals surface area contributed by atoms with Gasteiger partial charge in [0.2, 0.25) is 11.8 Å². The Hall–Kier alpha value is -3.55. The Bertz CT molecular complexity index is 957. The highest BCUT2D eigenvalue weighted by Crippen LogP contribution is 2.30. The second-order valence-corrected chi connectivity index (χ2v) is 6.11. The molecule has 27 heavy (non-hydrogen) atoms. The average Bonchev–Trinajstić information content (AvgIpc) is 3.10. The van der Waals surface area contributed by atoms with E-state index >= 15 is 0 Å². The van der Waals surface area contributed by atoms with Crippen molar-refractivity contribution in [3.8, 4) is 0 Å². The lowest BCUT2D eigenvalue weighted by Crippen LogP contribution is -2.53. The molecule has 2 amide bonds. The summed E-state index contributed by atoms with van der Waals surface area (Å²) in [5.41, 5.74) is 1.27. The number of halogens is 1. The quantitative estimate of drug-likeness (QED) is 0.901. The number of hydrogen-bond acceptors (Lipinski definition) is 5. The second kappa shape index (κ2) is 6.64. The van der Waals surface area contributed by atoms with Crippen molar-refractivity contribution in [2.45, 2.75) is 19.0 Å². The molecule has 0 aliphatic carbocycles. The predicted octanol–water partition coefficient (Wildman–Crippen LogP) is 1.96. The molecule has 136 valence electrons. The molecule has 0 bridgehead atoms. The molecular formula is C19H15FN4O3. The van der Waals surface area contributed by atoms with Gasteiger partial charge in [0.25, 0.3) is 5.91 Å². The number of nitrogens with zero attached hydrogens (tertiary/aromatic N) is 3. The van der Waals surface area contributed by atoms with Gasteiger partial charge in [-0.2, -0.15) is 0 Å². The van der Waals surface area contributed by atoms with Crippen molar-refractivity contribution in [2.75, 3.05) is 0 Å². The maximum Gasteiger partial charge on any atom is 0.323 e. The van der Waals surface area contributed by atoms with Crippen LogP contribution in [0.25, 0.3) is 0 Å². The number of nitrogens with one attached hydrogen (secondary N) is 1. The number of hydrazone groups is 1. The average molecular weight is 366 g/mol. The van der Waals surface area contributed by atoms with Crippen LogP contribution in [0.15, 0.2) is 64.7 Å². The Morgan fingerprint density at radius 1 is 1.15 bits per heavy atom. The van der Waals surface area contributed by atoms with Crippen molar-refractivity contribution in [3.63, 3.8) is 0 Å². The molecule has 0 unspecified atom stereocenters. The standard InChI is InChI=1S/C19H15FN4O3/c1-11(25)21-16-15(12-7-9-14(20)10-8-12)22-19-24(18(16)26)23-17(27-19)13-5-3-2-4-6-13/h2-10,15-16H,1H3,(H,21,25)/t15-,16+/m1/s1. The SMILES string of the molecule is CC(=O)N[C@@H]1C(=O)N2N=C(c3ccccc3)OC2=N[C@@H]1c1ccc(F)cc1. The number of benzene rings is 2. The Kier molecular flexibility index (Phi) is 4.15. The van der Waals surface area contributed by atoms with Gasteiger partial charge >= 0.3 is 6.02 Å². The van der Waals surface area contributed by atoms with Crippen LogP contribution in [0.5, 0.6) is 0 Å². The molecule has 2 heterocycles. The van der Waals surface area contributed by atoms with Gasteiger partial charge in [-0.15, -0.1) is 10.1 Å². The van der Waals surface area contributed by atoms with Gasteiger partial charge < -0.3 is 10.1 Å². The van der Waals surface area contributed by atoms with Crippen LogP contribution < -0.4 is 5.32 Å². The Morgan fingerprint density at radius 2 is 1.85 bits per heavy atom. The number of amidine groups is 1. The fourth-order valence-corrected chi connectivity index (χ4v) is 2.95. The third kappa shape index (κ3) is 3.17. The fraction of sp³-hybridized carbons (Fsp3) is 0.158. The number of aliphatic imine (C=N–C) groups is 1. The molecule has 2 aliphatic heterocycles. The van der Waals surface area contributed by atoms with E-state index in [1.165, 1.54) is 31.2 Å². The lowest BCUT2D eigenvalue weighted by Gasteiger charge is -2.30. The van der Waals surface area contributed by atoms with Crippen molar-refractivity contribution in [1.29, 1.82) is 0 Å². The summed E-state index contributed by atoms with van der Waals surface area (Å²) < 4.78 is 18.9. The van der Waals surface area contributed by atoms with Gasteiger partial charge in [0.1, 0.15) is 17.9 Å². The second-order valence-electron chi connectivity index (χ2n) is 6.11. The minimum atomic E-state index is -0.973. The minimum absolute atomic E-state index is 0.0229. The first kappa shape index (κ1) is 16.9. The molecular weight excluding hydrogens is 351 g/mol. The summed E-state index contributed by atoms with van der Waals surface area (Å²) in [5.74, 6) is -1.02. The van der Waals surface area contributed by atoms with E-state index in [-0.39, 0.29) is 17.8 Å². The highest BCUT2D eigenvalue weighted by molar-refractivity contribution is 6.11. The van der Waals surface area contributed by atoms with E-state index in [0.717, 1.165) is 5.01 Å². The van der Waals surface area contributed by atoms with E-state index in [1.807, 2.05) is 18.2 Å². The smallest absolute Gasteiger partial charge is 0.323 e. The van der Waals surface area contributed by atoms with Crippen LogP contribution in [0.1, 0.15) is 24.1 Å². The molecule has 0 radical (unpaired) electrons. The molecule has 2 atom stereocenters. The Labute approximate surface area is 154 Å². The summed E-state index contributed by atoms with van der Waals surface area (Å²) >= 11 is 0. The van der Waals surface area contributed by atoms with E-state index in [2.05, 4.69) is 15.4 Å². The van der Waals surface area contributed by atoms with Gasteiger partial charge in [0.05, 0.1) is 0 Å². The summed E-state index contributed by atoms with van der Waals surface area (Å²) in [7, 11) is 0. The third-order valence-corrected chi connectivity index (χ3v) is 4.19. The maximum absolute atomic E-state index is 13.3. The van der Waals surface area contributed by atoms with Crippen molar-refractivity contribution in [3.05, 3.63) is 71.5 Å². The molecule has 7 nitrogen and oxygen atoms in total. The van der Waals surface area contributed by atoms with Gasteiger partial charge in [-0.05, 0) is 29.8 Å². The van der Waals surface area contributed by atoms with Gasteiger partial charge in [0, 0.05) is 12.5 Å².